The smallest absolute Gasteiger partial charge is 0.252 e. The van der Waals surface area contributed by atoms with Crippen LogP contribution in [0.2, 0.25) is 0 Å². The van der Waals surface area contributed by atoms with E-state index in [9.17, 15) is 4.79 Å². The van der Waals surface area contributed by atoms with Crippen LogP contribution in [0.15, 0.2) is 24.4 Å². The third-order valence-electron chi connectivity index (χ3n) is 3.85. The second-order valence-electron chi connectivity index (χ2n) is 5.58. The van der Waals surface area contributed by atoms with Crippen LogP contribution in [0.1, 0.15) is 27.8 Å². The minimum absolute atomic E-state index is 0.160. The van der Waals surface area contributed by atoms with E-state index >= 15 is 0 Å². The Morgan fingerprint density at radius 1 is 1.42 bits per heavy atom. The number of nitrogens with zero attached hydrogens (tertiary/aromatic N) is 4. The maximum atomic E-state index is 11.6. The molecule has 0 spiro atoms. The fourth-order valence-electron chi connectivity index (χ4n) is 2.65. The van der Waals surface area contributed by atoms with Gasteiger partial charge >= 0.3 is 0 Å². The molecule has 1 saturated heterocycles. The van der Waals surface area contributed by atoms with Crippen LogP contribution in [0.3, 0.4) is 0 Å². The van der Waals surface area contributed by atoms with Crippen LogP contribution in [-0.4, -0.2) is 47.6 Å². The summed E-state index contributed by atoms with van der Waals surface area (Å²) in [6.07, 6.45) is 1.37. The first-order valence-electron chi connectivity index (χ1n) is 7.72. The Kier molecular flexibility index (Phi) is 4.57. The van der Waals surface area contributed by atoms with Crippen molar-refractivity contribution in [2.45, 2.75) is 13.0 Å². The predicted octanol–water partition coefficient (Wildman–Crippen LogP) is 0.700. The van der Waals surface area contributed by atoms with Gasteiger partial charge in [0.2, 0.25) is 5.95 Å². The Bertz CT molecular complexity index is 714. The van der Waals surface area contributed by atoms with Gasteiger partial charge < -0.3 is 20.7 Å². The van der Waals surface area contributed by atoms with Crippen LogP contribution >= 0.6 is 0 Å². The number of ether oxygens (including phenoxy) is 1. The molecule has 8 heteroatoms. The first kappa shape index (κ1) is 16.1. The molecule has 3 N–H and O–H groups in total. The van der Waals surface area contributed by atoms with E-state index < -0.39 is 0 Å². The molecular weight excluding hydrogens is 308 g/mol. The third-order valence-corrected chi connectivity index (χ3v) is 3.85. The van der Waals surface area contributed by atoms with Gasteiger partial charge in [-0.3, -0.25) is 9.78 Å². The number of nitrogens with one attached hydrogen (secondary N) is 1. The van der Waals surface area contributed by atoms with Gasteiger partial charge in [0.25, 0.3) is 5.91 Å². The molecular formula is C16H20N6O2. The number of pyridine rings is 1. The number of rotatable bonds is 3. The van der Waals surface area contributed by atoms with E-state index in [2.05, 4.69) is 25.2 Å². The number of carbonyl (C=O) groups is 1. The summed E-state index contributed by atoms with van der Waals surface area (Å²) in [6.45, 7) is 3.79. The number of aryl methyl sites for hydroxylation is 1. The lowest BCUT2D eigenvalue weighted by atomic mass is 10.1. The van der Waals surface area contributed by atoms with Crippen LogP contribution in [0.5, 0.6) is 0 Å². The van der Waals surface area contributed by atoms with Crippen molar-refractivity contribution in [2.75, 3.05) is 37.4 Å². The maximum absolute atomic E-state index is 11.6. The third kappa shape index (κ3) is 3.43. The number of anilines is 2. The van der Waals surface area contributed by atoms with Crippen molar-refractivity contribution in [2.24, 2.45) is 0 Å². The monoisotopic (exact) mass is 328 g/mol. The van der Waals surface area contributed by atoms with Crippen LogP contribution < -0.4 is 16.0 Å². The zero-order valence-electron chi connectivity index (χ0n) is 13.7. The molecule has 2 aromatic rings. The topological polar surface area (TPSA) is 106 Å². The first-order chi connectivity index (χ1) is 11.6. The Morgan fingerprint density at radius 3 is 2.92 bits per heavy atom. The maximum Gasteiger partial charge on any atom is 0.252 e. The predicted molar refractivity (Wildman–Crippen MR) is 89.7 cm³/mol. The molecule has 8 nitrogen and oxygen atoms in total. The normalized spacial score (nSPS) is 17.6. The fourth-order valence-corrected chi connectivity index (χ4v) is 2.65. The lowest BCUT2D eigenvalue weighted by Crippen LogP contribution is -2.39. The average Bonchev–Trinajstić information content (AvgIpc) is 2.60. The average molecular weight is 328 g/mol. The van der Waals surface area contributed by atoms with Crippen molar-refractivity contribution >= 4 is 17.7 Å². The molecule has 2 aromatic heterocycles. The number of amides is 1. The summed E-state index contributed by atoms with van der Waals surface area (Å²) in [4.78, 5) is 26.5. The highest BCUT2D eigenvalue weighted by atomic mass is 16.5. The summed E-state index contributed by atoms with van der Waals surface area (Å²) in [7, 11) is 1.59. The van der Waals surface area contributed by atoms with Gasteiger partial charge in [0.05, 0.1) is 24.4 Å². The summed E-state index contributed by atoms with van der Waals surface area (Å²) in [5, 5.41) is 2.57. The molecule has 1 aliphatic rings. The number of carbonyl (C=O) groups excluding carboxylic acids is 1. The van der Waals surface area contributed by atoms with Crippen LogP contribution in [0.4, 0.5) is 11.8 Å². The molecule has 3 heterocycles. The van der Waals surface area contributed by atoms with E-state index in [0.717, 1.165) is 23.8 Å². The number of aromatic nitrogens is 3. The van der Waals surface area contributed by atoms with E-state index in [1.165, 1.54) is 0 Å². The number of hydrogen-bond donors (Lipinski definition) is 2. The van der Waals surface area contributed by atoms with Crippen molar-refractivity contribution < 1.29 is 9.53 Å². The van der Waals surface area contributed by atoms with Crippen LogP contribution in [-0.2, 0) is 4.74 Å². The molecule has 0 radical (unpaired) electrons. The van der Waals surface area contributed by atoms with Gasteiger partial charge in [-0.05, 0) is 19.1 Å². The summed E-state index contributed by atoms with van der Waals surface area (Å²) in [6, 6.07) is 5.47. The molecule has 24 heavy (non-hydrogen) atoms. The van der Waals surface area contributed by atoms with Crippen LogP contribution in [0, 0.1) is 6.92 Å². The lowest BCUT2D eigenvalue weighted by Gasteiger charge is -2.33. The standard InChI is InChI=1S/C16H20N6O2/c1-10-7-14(21-16(17)20-10)22-5-6-24-13(9-22)12-4-3-11(8-19-12)15(23)18-2/h3-4,7-8,13H,5-6,9H2,1-2H3,(H,18,23)(H2,17,20,21)/t13-/m0/s1. The SMILES string of the molecule is CNC(=O)c1ccc([C@@H]2CN(c3cc(C)nc(N)n3)CCO2)nc1. The molecule has 0 bridgehead atoms. The molecule has 3 rings (SSSR count). The largest absolute Gasteiger partial charge is 0.368 e. The first-order valence-corrected chi connectivity index (χ1v) is 7.72. The van der Waals surface area contributed by atoms with E-state index in [1.54, 1.807) is 19.3 Å². The van der Waals surface area contributed by atoms with E-state index in [-0.39, 0.29) is 18.0 Å². The molecule has 0 unspecified atom stereocenters. The highest BCUT2D eigenvalue weighted by Crippen LogP contribution is 2.24. The highest BCUT2D eigenvalue weighted by molar-refractivity contribution is 5.93. The number of nitrogen functional groups attached to an aromatic ring is 1. The number of hydrogen-bond acceptors (Lipinski definition) is 7. The van der Waals surface area contributed by atoms with Gasteiger partial charge in [-0.25, -0.2) is 4.98 Å². The quantitative estimate of drug-likeness (QED) is 0.854. The molecule has 1 atom stereocenters. The molecule has 0 aromatic carbocycles. The van der Waals surface area contributed by atoms with Gasteiger partial charge in [-0.15, -0.1) is 0 Å². The summed E-state index contributed by atoms with van der Waals surface area (Å²) >= 11 is 0. The Hall–Kier alpha value is -2.74. The second-order valence-corrected chi connectivity index (χ2v) is 5.58. The van der Waals surface area contributed by atoms with E-state index in [0.29, 0.717) is 18.7 Å². The minimum Gasteiger partial charge on any atom is -0.368 e. The van der Waals surface area contributed by atoms with E-state index in [4.69, 9.17) is 10.5 Å². The van der Waals surface area contributed by atoms with Crippen molar-refractivity contribution in [3.05, 3.63) is 41.3 Å². The molecule has 1 amide bonds. The number of morpholine rings is 1. The minimum atomic E-state index is -0.186. The van der Waals surface area contributed by atoms with Gasteiger partial charge in [-0.1, -0.05) is 0 Å². The summed E-state index contributed by atoms with van der Waals surface area (Å²) < 4.78 is 5.82. The van der Waals surface area contributed by atoms with Gasteiger partial charge in [0, 0.05) is 31.5 Å². The Morgan fingerprint density at radius 2 is 2.25 bits per heavy atom. The van der Waals surface area contributed by atoms with Crippen LogP contribution in [0.25, 0.3) is 0 Å². The van der Waals surface area contributed by atoms with Crippen molar-refractivity contribution in [3.8, 4) is 0 Å². The van der Waals surface area contributed by atoms with Gasteiger partial charge in [-0.2, -0.15) is 4.98 Å². The van der Waals surface area contributed by atoms with E-state index in [1.807, 2.05) is 19.1 Å². The molecule has 0 aliphatic carbocycles. The Balaban J connectivity index is 1.76. The Labute approximate surface area is 140 Å². The summed E-state index contributed by atoms with van der Waals surface area (Å²) in [5.74, 6) is 0.892. The van der Waals surface area contributed by atoms with Crippen molar-refractivity contribution in [3.63, 3.8) is 0 Å². The molecule has 1 fully saturated rings. The molecule has 1 aliphatic heterocycles. The lowest BCUT2D eigenvalue weighted by molar-refractivity contribution is 0.0367. The second kappa shape index (κ2) is 6.79. The van der Waals surface area contributed by atoms with Gasteiger partial charge in [0.15, 0.2) is 0 Å². The highest BCUT2D eigenvalue weighted by Gasteiger charge is 2.24. The molecule has 126 valence electrons. The zero-order valence-corrected chi connectivity index (χ0v) is 13.7. The fraction of sp³-hybridized carbons (Fsp3) is 0.375. The zero-order chi connectivity index (χ0) is 17.1. The van der Waals surface area contributed by atoms with Crippen molar-refractivity contribution in [1.82, 2.24) is 20.3 Å². The summed E-state index contributed by atoms with van der Waals surface area (Å²) in [5.41, 5.74) is 7.87. The van der Waals surface area contributed by atoms with Gasteiger partial charge in [0.1, 0.15) is 11.9 Å². The van der Waals surface area contributed by atoms with Crippen molar-refractivity contribution in [1.29, 1.82) is 0 Å². The number of nitrogens with two attached hydrogens (primary N) is 1. The molecule has 0 saturated carbocycles.